The zero-order chi connectivity index (χ0) is 14.5. The summed E-state index contributed by atoms with van der Waals surface area (Å²) in [4.78, 5) is 4.01. The molecule has 1 aliphatic heterocycles. The lowest BCUT2D eigenvalue weighted by molar-refractivity contribution is 0.192. The van der Waals surface area contributed by atoms with Crippen LogP contribution in [0.5, 0.6) is 11.5 Å². The van der Waals surface area contributed by atoms with Crippen molar-refractivity contribution in [3.63, 3.8) is 0 Å². The molecule has 0 radical (unpaired) electrons. The molecule has 0 bridgehead atoms. The third-order valence-corrected chi connectivity index (χ3v) is 4.72. The SMILES string of the molecule is CCOc1ccccc1OCCN1CCc2sccc2C1. The van der Waals surface area contributed by atoms with Crippen LogP contribution in [-0.2, 0) is 13.0 Å². The second-order valence-corrected chi connectivity index (χ2v) is 6.12. The lowest BCUT2D eigenvalue weighted by Gasteiger charge is -2.26. The maximum atomic E-state index is 5.90. The van der Waals surface area contributed by atoms with E-state index in [4.69, 9.17) is 9.47 Å². The van der Waals surface area contributed by atoms with E-state index in [0.717, 1.165) is 31.1 Å². The number of para-hydroxylation sites is 2. The van der Waals surface area contributed by atoms with Crippen molar-refractivity contribution >= 4 is 11.3 Å². The van der Waals surface area contributed by atoms with Crippen LogP contribution in [-0.4, -0.2) is 31.2 Å². The molecule has 0 amide bonds. The molecule has 0 aliphatic carbocycles. The van der Waals surface area contributed by atoms with Gasteiger partial charge in [-0.25, -0.2) is 0 Å². The lowest BCUT2D eigenvalue weighted by atomic mass is 10.1. The van der Waals surface area contributed by atoms with Crippen molar-refractivity contribution in [2.45, 2.75) is 19.9 Å². The van der Waals surface area contributed by atoms with Gasteiger partial charge in [0.15, 0.2) is 11.5 Å². The lowest BCUT2D eigenvalue weighted by Crippen LogP contribution is -2.33. The molecule has 1 aromatic heterocycles. The molecule has 1 aliphatic rings. The highest BCUT2D eigenvalue weighted by atomic mass is 32.1. The highest BCUT2D eigenvalue weighted by Gasteiger charge is 2.16. The summed E-state index contributed by atoms with van der Waals surface area (Å²) in [5.41, 5.74) is 1.49. The summed E-state index contributed by atoms with van der Waals surface area (Å²) < 4.78 is 11.5. The molecular formula is C17H21NO2S. The van der Waals surface area contributed by atoms with Crippen LogP contribution >= 0.6 is 11.3 Å². The van der Waals surface area contributed by atoms with Crippen molar-refractivity contribution in [1.29, 1.82) is 0 Å². The van der Waals surface area contributed by atoms with E-state index in [1.807, 2.05) is 42.5 Å². The topological polar surface area (TPSA) is 21.7 Å². The Kier molecular flexibility index (Phi) is 4.78. The fourth-order valence-electron chi connectivity index (χ4n) is 2.63. The Labute approximate surface area is 130 Å². The van der Waals surface area contributed by atoms with Crippen molar-refractivity contribution in [2.24, 2.45) is 0 Å². The average molecular weight is 303 g/mol. The molecule has 0 spiro atoms. The summed E-state index contributed by atoms with van der Waals surface area (Å²) in [6, 6.07) is 10.1. The zero-order valence-electron chi connectivity index (χ0n) is 12.4. The number of nitrogens with zero attached hydrogens (tertiary/aromatic N) is 1. The molecule has 21 heavy (non-hydrogen) atoms. The Bertz CT molecular complexity index is 582. The Balaban J connectivity index is 1.51. The van der Waals surface area contributed by atoms with Crippen LogP contribution in [0.15, 0.2) is 35.7 Å². The summed E-state index contributed by atoms with van der Waals surface area (Å²) in [7, 11) is 0. The quantitative estimate of drug-likeness (QED) is 0.814. The third kappa shape index (κ3) is 3.57. The van der Waals surface area contributed by atoms with E-state index in [1.165, 1.54) is 12.0 Å². The van der Waals surface area contributed by atoms with Gasteiger partial charge in [0.2, 0.25) is 0 Å². The van der Waals surface area contributed by atoms with Gasteiger partial charge in [-0.15, -0.1) is 11.3 Å². The van der Waals surface area contributed by atoms with Crippen LogP contribution in [0.4, 0.5) is 0 Å². The van der Waals surface area contributed by atoms with Gasteiger partial charge in [0.05, 0.1) is 6.61 Å². The minimum absolute atomic E-state index is 0.660. The van der Waals surface area contributed by atoms with Gasteiger partial charge in [-0.3, -0.25) is 4.90 Å². The second-order valence-electron chi connectivity index (χ2n) is 5.12. The molecule has 3 rings (SSSR count). The van der Waals surface area contributed by atoms with Crippen molar-refractivity contribution in [3.05, 3.63) is 46.2 Å². The van der Waals surface area contributed by atoms with E-state index >= 15 is 0 Å². The van der Waals surface area contributed by atoms with Crippen LogP contribution in [0, 0.1) is 0 Å². The summed E-state index contributed by atoms with van der Waals surface area (Å²) in [5.74, 6) is 1.67. The van der Waals surface area contributed by atoms with Gasteiger partial charge in [-0.1, -0.05) is 12.1 Å². The number of hydrogen-bond acceptors (Lipinski definition) is 4. The summed E-state index contributed by atoms with van der Waals surface area (Å²) >= 11 is 1.88. The molecule has 0 saturated heterocycles. The second kappa shape index (κ2) is 6.96. The van der Waals surface area contributed by atoms with E-state index in [-0.39, 0.29) is 0 Å². The fraction of sp³-hybridized carbons (Fsp3) is 0.412. The normalized spacial score (nSPS) is 14.7. The summed E-state index contributed by atoms with van der Waals surface area (Å²) in [6.45, 7) is 6.48. The summed E-state index contributed by atoms with van der Waals surface area (Å²) in [6.07, 6.45) is 1.17. The van der Waals surface area contributed by atoms with E-state index in [2.05, 4.69) is 16.3 Å². The monoisotopic (exact) mass is 303 g/mol. The Hall–Kier alpha value is -1.52. The molecular weight excluding hydrogens is 282 g/mol. The maximum absolute atomic E-state index is 5.90. The molecule has 0 N–H and O–H groups in total. The van der Waals surface area contributed by atoms with Crippen LogP contribution in [0.2, 0.25) is 0 Å². The van der Waals surface area contributed by atoms with Crippen LogP contribution in [0.3, 0.4) is 0 Å². The number of thiophene rings is 1. The minimum Gasteiger partial charge on any atom is -0.490 e. The van der Waals surface area contributed by atoms with Gasteiger partial charge in [0.25, 0.3) is 0 Å². The first-order chi connectivity index (χ1) is 10.4. The van der Waals surface area contributed by atoms with E-state index in [9.17, 15) is 0 Å². The number of benzene rings is 1. The zero-order valence-corrected chi connectivity index (χ0v) is 13.2. The Morgan fingerprint density at radius 1 is 1.14 bits per heavy atom. The van der Waals surface area contributed by atoms with Crippen LogP contribution in [0.1, 0.15) is 17.4 Å². The first-order valence-electron chi connectivity index (χ1n) is 7.49. The Morgan fingerprint density at radius 3 is 2.76 bits per heavy atom. The predicted molar refractivity (Wildman–Crippen MR) is 86.4 cm³/mol. The molecule has 0 fully saturated rings. The molecule has 4 heteroatoms. The molecule has 3 nitrogen and oxygen atoms in total. The third-order valence-electron chi connectivity index (χ3n) is 3.70. The average Bonchev–Trinajstić information content (AvgIpc) is 2.97. The van der Waals surface area contributed by atoms with E-state index < -0.39 is 0 Å². The predicted octanol–water partition coefficient (Wildman–Crippen LogP) is 3.58. The first kappa shape index (κ1) is 14.4. The number of fused-ring (bicyclic) bond motifs is 1. The highest BCUT2D eigenvalue weighted by molar-refractivity contribution is 7.10. The minimum atomic E-state index is 0.660. The molecule has 2 aromatic rings. The number of rotatable bonds is 6. The van der Waals surface area contributed by atoms with Crippen molar-refractivity contribution in [1.82, 2.24) is 4.90 Å². The smallest absolute Gasteiger partial charge is 0.161 e. The molecule has 2 heterocycles. The fourth-order valence-corrected chi connectivity index (χ4v) is 3.52. The van der Waals surface area contributed by atoms with Gasteiger partial charge in [0, 0.05) is 24.5 Å². The van der Waals surface area contributed by atoms with E-state index in [1.54, 1.807) is 4.88 Å². The van der Waals surface area contributed by atoms with E-state index in [0.29, 0.717) is 13.2 Å². The molecule has 0 unspecified atom stereocenters. The maximum Gasteiger partial charge on any atom is 0.161 e. The van der Waals surface area contributed by atoms with Gasteiger partial charge >= 0.3 is 0 Å². The molecule has 0 saturated carbocycles. The van der Waals surface area contributed by atoms with Gasteiger partial charge in [0.1, 0.15) is 6.61 Å². The van der Waals surface area contributed by atoms with Gasteiger partial charge in [-0.05, 0) is 42.5 Å². The number of hydrogen-bond donors (Lipinski definition) is 0. The Morgan fingerprint density at radius 2 is 1.95 bits per heavy atom. The summed E-state index contributed by atoms with van der Waals surface area (Å²) in [5, 5.41) is 2.20. The largest absolute Gasteiger partial charge is 0.490 e. The first-order valence-corrected chi connectivity index (χ1v) is 8.37. The van der Waals surface area contributed by atoms with Crippen LogP contribution < -0.4 is 9.47 Å². The molecule has 112 valence electrons. The van der Waals surface area contributed by atoms with Crippen molar-refractivity contribution in [2.75, 3.05) is 26.3 Å². The van der Waals surface area contributed by atoms with Crippen LogP contribution in [0.25, 0.3) is 0 Å². The highest BCUT2D eigenvalue weighted by Crippen LogP contribution is 2.27. The molecule has 0 atom stereocenters. The number of ether oxygens (including phenoxy) is 2. The van der Waals surface area contributed by atoms with Gasteiger partial charge in [-0.2, -0.15) is 0 Å². The molecule has 1 aromatic carbocycles. The standard InChI is InChI=1S/C17H21NO2S/c1-2-19-15-5-3-4-6-16(15)20-11-10-18-9-7-17-14(13-18)8-12-21-17/h3-6,8,12H,2,7,9-11,13H2,1H3. The van der Waals surface area contributed by atoms with Crippen molar-refractivity contribution in [3.8, 4) is 11.5 Å². The van der Waals surface area contributed by atoms with Crippen molar-refractivity contribution < 1.29 is 9.47 Å². The van der Waals surface area contributed by atoms with Gasteiger partial charge < -0.3 is 9.47 Å².